The minimum Gasteiger partial charge on any atom is -0.309 e. The van der Waals surface area contributed by atoms with Gasteiger partial charge >= 0.3 is 0 Å². The lowest BCUT2D eigenvalue weighted by molar-refractivity contribution is 1.18. The summed E-state index contributed by atoms with van der Waals surface area (Å²) >= 11 is 0. The number of nitrogens with zero attached hydrogens (tertiary/aromatic N) is 2. The maximum Gasteiger partial charge on any atom is 0.0547 e. The van der Waals surface area contributed by atoms with Crippen molar-refractivity contribution in [1.29, 1.82) is 0 Å². The van der Waals surface area contributed by atoms with E-state index < -0.39 is 0 Å². The summed E-state index contributed by atoms with van der Waals surface area (Å²) in [7, 11) is 0. The first kappa shape index (κ1) is 33.4. The predicted molar refractivity (Wildman–Crippen MR) is 240 cm³/mol. The summed E-state index contributed by atoms with van der Waals surface area (Å²) < 4.78 is 4.88. The van der Waals surface area contributed by atoms with Gasteiger partial charge in [0, 0.05) is 32.8 Å². The van der Waals surface area contributed by atoms with E-state index in [1.54, 1.807) is 0 Å². The van der Waals surface area contributed by atoms with Gasteiger partial charge in [0.2, 0.25) is 0 Å². The normalized spacial score (nSPS) is 11.4. The molecule has 0 spiro atoms. The lowest BCUT2D eigenvalue weighted by atomic mass is 9.99. The summed E-state index contributed by atoms with van der Waals surface area (Å²) in [6.07, 6.45) is 0. The molecule has 0 amide bonds. The lowest BCUT2D eigenvalue weighted by Crippen LogP contribution is -1.97. The highest BCUT2D eigenvalue weighted by molar-refractivity contribution is 6.12. The first-order valence-corrected chi connectivity index (χ1v) is 19.6. The van der Waals surface area contributed by atoms with E-state index in [2.05, 4.69) is 215 Å². The van der Waals surface area contributed by atoms with E-state index in [0.717, 1.165) is 5.69 Å². The third-order valence-corrected chi connectivity index (χ3v) is 11.1. The van der Waals surface area contributed by atoms with Crippen LogP contribution < -0.4 is 0 Å². The first-order chi connectivity index (χ1) is 27.8. The molecule has 0 N–H and O–H groups in total. The van der Waals surface area contributed by atoms with Gasteiger partial charge < -0.3 is 9.13 Å². The number of hydrogen-bond donors (Lipinski definition) is 0. The van der Waals surface area contributed by atoms with Crippen molar-refractivity contribution in [2.75, 3.05) is 0 Å². The number of hydrogen-bond acceptors (Lipinski definition) is 0. The molecule has 0 bridgehead atoms. The molecule has 11 aromatic rings. The second-order valence-electron chi connectivity index (χ2n) is 14.2. The van der Waals surface area contributed by atoms with E-state index in [0.29, 0.717) is 0 Å². The number of aromatic nitrogens is 2. The quantitative estimate of drug-likeness (QED) is 0.168. The van der Waals surface area contributed by atoms with Crippen molar-refractivity contribution in [2.45, 2.75) is 13.8 Å². The fourth-order valence-corrected chi connectivity index (χ4v) is 8.54. The zero-order valence-electron chi connectivity index (χ0n) is 31.5. The van der Waals surface area contributed by atoms with E-state index in [1.165, 1.54) is 93.5 Å². The Morgan fingerprint density at radius 2 is 0.768 bits per heavy atom. The van der Waals surface area contributed by atoms with E-state index in [4.69, 9.17) is 0 Å². The van der Waals surface area contributed by atoms with Crippen LogP contribution in [0.3, 0.4) is 0 Å². The van der Waals surface area contributed by atoms with E-state index >= 15 is 0 Å². The number of rotatable bonds is 5. The van der Waals surface area contributed by atoms with Gasteiger partial charge in [0.1, 0.15) is 0 Å². The van der Waals surface area contributed by atoms with Crippen molar-refractivity contribution in [2.24, 2.45) is 0 Å². The summed E-state index contributed by atoms with van der Waals surface area (Å²) in [6.45, 7) is 4.00. The molecule has 9 aromatic carbocycles. The molecule has 0 aliphatic carbocycles. The van der Waals surface area contributed by atoms with Crippen LogP contribution in [0.2, 0.25) is 0 Å². The molecule has 0 atom stereocenters. The Hall–Kier alpha value is -7.16. The van der Waals surface area contributed by atoms with Gasteiger partial charge in [-0.15, -0.1) is 0 Å². The standard InChI is InChI=1S/C52H34N2.C2H6/c1-2-12-35(13-3-1)37-24-28-42(29-25-37)53-49-20-10-7-17-44(49)46-30-26-39(33-51(46)53)40-27-31-47-45-18-8-11-21-50(45)54(52(47)34-40)48-19-9-6-16-43(48)41-23-22-36-14-4-5-15-38(36)32-41;1-2/h1-34H;1-2H3. The SMILES string of the molecule is CC.c1ccc(-c2ccc(-n3c4ccccc4c4ccc(-c5ccc6c7ccccc7n(-c7ccccc7-c7ccc8ccccc8c7)c6c5)cc43)cc2)cc1. The van der Waals surface area contributed by atoms with E-state index in [1.807, 2.05) is 13.8 Å². The summed E-state index contributed by atoms with van der Waals surface area (Å²) in [5.41, 5.74) is 14.4. The molecule has 11 rings (SSSR count). The molecule has 0 aliphatic heterocycles. The fraction of sp³-hybridized carbons (Fsp3) is 0.0370. The Labute approximate surface area is 327 Å². The minimum absolute atomic E-state index is 1.15. The molecule has 2 nitrogen and oxygen atoms in total. The zero-order chi connectivity index (χ0) is 37.6. The van der Waals surface area contributed by atoms with Crippen LogP contribution >= 0.6 is 0 Å². The highest BCUT2D eigenvalue weighted by Crippen LogP contribution is 2.40. The molecule has 0 radical (unpaired) electrons. The third kappa shape index (κ3) is 5.49. The summed E-state index contributed by atoms with van der Waals surface area (Å²) in [6, 6.07) is 75.3. The van der Waals surface area contributed by atoms with Crippen LogP contribution in [0.5, 0.6) is 0 Å². The molecular weight excluding hydrogens is 677 g/mol. The topological polar surface area (TPSA) is 9.86 Å². The van der Waals surface area contributed by atoms with Gasteiger partial charge in [-0.25, -0.2) is 0 Å². The Morgan fingerprint density at radius 3 is 1.46 bits per heavy atom. The predicted octanol–water partition coefficient (Wildman–Crippen LogP) is 15.1. The average Bonchev–Trinajstić information content (AvgIpc) is 3.79. The van der Waals surface area contributed by atoms with Gasteiger partial charge in [-0.2, -0.15) is 0 Å². The molecule has 2 heterocycles. The van der Waals surface area contributed by atoms with Crippen molar-refractivity contribution >= 4 is 54.4 Å². The summed E-state index contributed by atoms with van der Waals surface area (Å²) in [4.78, 5) is 0. The van der Waals surface area contributed by atoms with Crippen molar-refractivity contribution < 1.29 is 0 Å². The summed E-state index contributed by atoms with van der Waals surface area (Å²) in [5, 5.41) is 7.50. The van der Waals surface area contributed by atoms with Gasteiger partial charge in [-0.3, -0.25) is 0 Å². The molecule has 0 aliphatic rings. The maximum atomic E-state index is 2.46. The van der Waals surface area contributed by atoms with Gasteiger partial charge in [0.25, 0.3) is 0 Å². The minimum atomic E-state index is 1.15. The van der Waals surface area contributed by atoms with E-state index in [-0.39, 0.29) is 0 Å². The second kappa shape index (κ2) is 13.9. The van der Waals surface area contributed by atoms with Gasteiger partial charge in [-0.1, -0.05) is 172 Å². The molecule has 2 heteroatoms. The molecule has 0 saturated carbocycles. The molecule has 2 aromatic heterocycles. The van der Waals surface area contributed by atoms with Crippen molar-refractivity contribution in [3.63, 3.8) is 0 Å². The zero-order valence-corrected chi connectivity index (χ0v) is 31.5. The monoisotopic (exact) mass is 716 g/mol. The highest BCUT2D eigenvalue weighted by atomic mass is 15.0. The largest absolute Gasteiger partial charge is 0.309 e. The van der Waals surface area contributed by atoms with Crippen LogP contribution in [0.25, 0.3) is 99.1 Å². The van der Waals surface area contributed by atoms with Gasteiger partial charge in [0.15, 0.2) is 0 Å². The number of benzene rings is 9. The molecule has 0 saturated heterocycles. The Balaban J connectivity index is 0.00000189. The lowest BCUT2D eigenvalue weighted by Gasteiger charge is -2.15. The molecule has 56 heavy (non-hydrogen) atoms. The van der Waals surface area contributed by atoms with Crippen molar-refractivity contribution in [3.8, 4) is 44.8 Å². The average molecular weight is 717 g/mol. The van der Waals surface area contributed by atoms with Crippen LogP contribution in [-0.4, -0.2) is 9.13 Å². The van der Waals surface area contributed by atoms with Crippen LogP contribution in [0.4, 0.5) is 0 Å². The fourth-order valence-electron chi connectivity index (χ4n) is 8.54. The van der Waals surface area contributed by atoms with E-state index in [9.17, 15) is 0 Å². The maximum absolute atomic E-state index is 2.46. The van der Waals surface area contributed by atoms with Crippen LogP contribution in [0.15, 0.2) is 206 Å². The highest BCUT2D eigenvalue weighted by Gasteiger charge is 2.18. The summed E-state index contributed by atoms with van der Waals surface area (Å²) in [5.74, 6) is 0. The molecular formula is C54H40N2. The van der Waals surface area contributed by atoms with Crippen molar-refractivity contribution in [1.82, 2.24) is 9.13 Å². The Bertz CT molecular complexity index is 3200. The van der Waals surface area contributed by atoms with Crippen molar-refractivity contribution in [3.05, 3.63) is 206 Å². The smallest absolute Gasteiger partial charge is 0.0547 e. The Kier molecular flexibility index (Phi) is 8.30. The molecule has 0 unspecified atom stereocenters. The Morgan fingerprint density at radius 1 is 0.286 bits per heavy atom. The van der Waals surface area contributed by atoms with Gasteiger partial charge in [0.05, 0.1) is 27.8 Å². The number of fused-ring (bicyclic) bond motifs is 7. The molecule has 266 valence electrons. The second-order valence-corrected chi connectivity index (χ2v) is 14.2. The van der Waals surface area contributed by atoms with Crippen LogP contribution in [-0.2, 0) is 0 Å². The van der Waals surface area contributed by atoms with Crippen LogP contribution in [0.1, 0.15) is 13.8 Å². The van der Waals surface area contributed by atoms with Crippen LogP contribution in [0, 0.1) is 0 Å². The number of para-hydroxylation sites is 3. The first-order valence-electron chi connectivity index (χ1n) is 19.6. The van der Waals surface area contributed by atoms with Gasteiger partial charge in [-0.05, 0) is 87.1 Å². The molecule has 0 fully saturated rings. The third-order valence-electron chi connectivity index (χ3n) is 11.1.